The van der Waals surface area contributed by atoms with E-state index in [4.69, 9.17) is 17.3 Å². The predicted molar refractivity (Wildman–Crippen MR) is 69.9 cm³/mol. The second-order valence-corrected chi connectivity index (χ2v) is 5.41. The summed E-state index contributed by atoms with van der Waals surface area (Å²) in [6.07, 6.45) is 0. The Kier molecular flexibility index (Phi) is 4.50. The average molecular weight is 259 g/mol. The highest BCUT2D eigenvalue weighted by atomic mass is 35.5. The van der Waals surface area contributed by atoms with Crippen molar-refractivity contribution in [3.63, 3.8) is 0 Å². The smallest absolute Gasteiger partial charge is 0.235 e. The average Bonchev–Trinajstić information content (AvgIpc) is 2.22. The van der Waals surface area contributed by atoms with Gasteiger partial charge in [-0.2, -0.15) is 0 Å². The zero-order chi connectivity index (χ0) is 12.3. The molecule has 16 heavy (non-hydrogen) atoms. The van der Waals surface area contributed by atoms with Gasteiger partial charge in [-0.15, -0.1) is 11.8 Å². The first-order valence-electron chi connectivity index (χ1n) is 4.85. The first-order chi connectivity index (χ1) is 7.43. The Balaban J connectivity index is 2.85. The summed E-state index contributed by atoms with van der Waals surface area (Å²) in [5, 5.41) is 0.389. The first kappa shape index (κ1) is 13.2. The quantitative estimate of drug-likeness (QED) is 0.669. The third-order valence-electron chi connectivity index (χ3n) is 2.08. The van der Waals surface area contributed by atoms with Gasteiger partial charge in [0.05, 0.1) is 10.3 Å². The summed E-state index contributed by atoms with van der Waals surface area (Å²) in [5.74, 6) is 0.0457. The maximum absolute atomic E-state index is 11.7. The summed E-state index contributed by atoms with van der Waals surface area (Å²) in [5.41, 5.74) is 6.42. The number of carbonyl (C=O) groups excluding carboxylic acids is 1. The lowest BCUT2D eigenvalue weighted by Crippen LogP contribution is -2.29. The number of benzene rings is 1. The van der Waals surface area contributed by atoms with Crippen LogP contribution in [0.3, 0.4) is 0 Å². The summed E-state index contributed by atoms with van der Waals surface area (Å²) < 4.78 is 0. The highest BCUT2D eigenvalue weighted by molar-refractivity contribution is 8.00. The molecule has 0 fully saturated rings. The zero-order valence-electron chi connectivity index (χ0n) is 9.53. The number of halogens is 1. The molecule has 0 saturated carbocycles. The standard InChI is InChI=1S/C11H15ClN2OS/c1-7(11(15)14(2)3)16-10-8(12)5-4-6-9(10)13/h4-7H,13H2,1-3H3. The third kappa shape index (κ3) is 3.06. The van der Waals surface area contributed by atoms with Crippen LogP contribution in [0.25, 0.3) is 0 Å². The van der Waals surface area contributed by atoms with E-state index >= 15 is 0 Å². The number of nitrogens with two attached hydrogens (primary N) is 1. The van der Waals surface area contributed by atoms with Crippen LogP contribution >= 0.6 is 23.4 Å². The minimum atomic E-state index is -0.197. The molecule has 0 radical (unpaired) electrons. The van der Waals surface area contributed by atoms with Gasteiger partial charge in [-0.1, -0.05) is 17.7 Å². The normalized spacial score (nSPS) is 12.2. The van der Waals surface area contributed by atoms with Crippen molar-refractivity contribution in [2.24, 2.45) is 0 Å². The van der Waals surface area contributed by atoms with E-state index < -0.39 is 0 Å². The van der Waals surface area contributed by atoms with Crippen LogP contribution in [-0.4, -0.2) is 30.2 Å². The molecular formula is C11H15ClN2OS. The second-order valence-electron chi connectivity index (χ2n) is 3.65. The maximum Gasteiger partial charge on any atom is 0.235 e. The Hall–Kier alpha value is -0.870. The number of rotatable bonds is 3. The Labute approximate surface area is 105 Å². The molecule has 0 spiro atoms. The van der Waals surface area contributed by atoms with Crippen LogP contribution in [0.5, 0.6) is 0 Å². The zero-order valence-corrected chi connectivity index (χ0v) is 11.1. The lowest BCUT2D eigenvalue weighted by atomic mass is 10.3. The number of nitrogens with zero attached hydrogens (tertiary/aromatic N) is 1. The highest BCUT2D eigenvalue weighted by Gasteiger charge is 2.18. The van der Waals surface area contributed by atoms with E-state index in [2.05, 4.69) is 0 Å². The third-order valence-corrected chi connectivity index (χ3v) is 3.75. The van der Waals surface area contributed by atoms with Crippen molar-refractivity contribution in [1.29, 1.82) is 0 Å². The lowest BCUT2D eigenvalue weighted by molar-refractivity contribution is -0.127. The van der Waals surface area contributed by atoms with Crippen LogP contribution in [0.15, 0.2) is 23.1 Å². The van der Waals surface area contributed by atoms with Crippen LogP contribution in [0.1, 0.15) is 6.92 Å². The molecule has 88 valence electrons. The van der Waals surface area contributed by atoms with Gasteiger partial charge >= 0.3 is 0 Å². The van der Waals surface area contributed by atoms with Crippen molar-refractivity contribution in [2.75, 3.05) is 19.8 Å². The number of carbonyl (C=O) groups is 1. The van der Waals surface area contributed by atoms with Crippen LogP contribution in [0.4, 0.5) is 5.69 Å². The van der Waals surface area contributed by atoms with Crippen molar-refractivity contribution in [1.82, 2.24) is 4.90 Å². The fraction of sp³-hybridized carbons (Fsp3) is 0.364. The molecule has 1 aromatic rings. The van der Waals surface area contributed by atoms with Gasteiger partial charge in [0.2, 0.25) is 5.91 Å². The molecule has 1 unspecified atom stereocenters. The minimum absolute atomic E-state index is 0.0457. The predicted octanol–water partition coefficient (Wildman–Crippen LogP) is 2.49. The molecule has 0 heterocycles. The van der Waals surface area contributed by atoms with Crippen LogP contribution in [-0.2, 0) is 4.79 Å². The molecule has 0 aliphatic heterocycles. The summed E-state index contributed by atoms with van der Waals surface area (Å²) in [6.45, 7) is 1.84. The number of amides is 1. The van der Waals surface area contributed by atoms with Crippen LogP contribution < -0.4 is 5.73 Å². The Morgan fingerprint density at radius 2 is 2.12 bits per heavy atom. The van der Waals surface area contributed by atoms with E-state index in [1.165, 1.54) is 11.8 Å². The summed E-state index contributed by atoms with van der Waals surface area (Å²) >= 11 is 7.42. The van der Waals surface area contributed by atoms with E-state index in [1.54, 1.807) is 37.2 Å². The summed E-state index contributed by atoms with van der Waals surface area (Å²) in [6, 6.07) is 5.34. The summed E-state index contributed by atoms with van der Waals surface area (Å²) in [4.78, 5) is 14.0. The second kappa shape index (κ2) is 5.46. The fourth-order valence-corrected chi connectivity index (χ4v) is 2.61. The van der Waals surface area contributed by atoms with E-state index in [9.17, 15) is 4.79 Å². The molecule has 5 heteroatoms. The number of hydrogen-bond acceptors (Lipinski definition) is 3. The van der Waals surface area contributed by atoms with Crippen molar-refractivity contribution >= 4 is 35.0 Å². The van der Waals surface area contributed by atoms with Gasteiger partial charge in [0.15, 0.2) is 0 Å². The maximum atomic E-state index is 11.7. The Morgan fingerprint density at radius 3 is 2.62 bits per heavy atom. The van der Waals surface area contributed by atoms with Crippen molar-refractivity contribution in [2.45, 2.75) is 17.1 Å². The number of hydrogen-bond donors (Lipinski definition) is 1. The van der Waals surface area contributed by atoms with Gasteiger partial charge in [0.1, 0.15) is 0 Å². The van der Waals surface area contributed by atoms with Gasteiger partial charge in [-0.25, -0.2) is 0 Å². The SMILES string of the molecule is CC(Sc1c(N)cccc1Cl)C(=O)N(C)C. The monoisotopic (exact) mass is 258 g/mol. The molecule has 1 atom stereocenters. The van der Waals surface area contributed by atoms with Gasteiger partial charge in [-0.3, -0.25) is 4.79 Å². The van der Waals surface area contributed by atoms with Gasteiger partial charge in [0.25, 0.3) is 0 Å². The molecule has 0 aliphatic carbocycles. The van der Waals surface area contributed by atoms with E-state index in [0.717, 1.165) is 4.90 Å². The van der Waals surface area contributed by atoms with E-state index in [-0.39, 0.29) is 11.2 Å². The molecule has 3 nitrogen and oxygen atoms in total. The first-order valence-corrected chi connectivity index (χ1v) is 6.11. The van der Waals surface area contributed by atoms with Gasteiger partial charge in [-0.05, 0) is 19.1 Å². The molecule has 2 N–H and O–H groups in total. The topological polar surface area (TPSA) is 46.3 Å². The van der Waals surface area contributed by atoms with Crippen molar-refractivity contribution in [3.8, 4) is 0 Å². The van der Waals surface area contributed by atoms with Crippen molar-refractivity contribution in [3.05, 3.63) is 23.2 Å². The molecule has 0 saturated heterocycles. The number of anilines is 1. The van der Waals surface area contributed by atoms with Gasteiger partial charge in [0, 0.05) is 24.7 Å². The van der Waals surface area contributed by atoms with Crippen LogP contribution in [0.2, 0.25) is 5.02 Å². The molecular weight excluding hydrogens is 244 g/mol. The minimum Gasteiger partial charge on any atom is -0.398 e. The Bertz CT molecular complexity index is 375. The Morgan fingerprint density at radius 1 is 1.50 bits per heavy atom. The van der Waals surface area contributed by atoms with E-state index in [0.29, 0.717) is 10.7 Å². The fourth-order valence-electron chi connectivity index (χ4n) is 1.24. The summed E-state index contributed by atoms with van der Waals surface area (Å²) in [7, 11) is 3.46. The molecule has 1 aromatic carbocycles. The highest BCUT2D eigenvalue weighted by Crippen LogP contribution is 2.35. The number of nitrogen functional groups attached to an aromatic ring is 1. The molecule has 0 aromatic heterocycles. The van der Waals surface area contributed by atoms with Crippen molar-refractivity contribution < 1.29 is 4.79 Å². The lowest BCUT2D eigenvalue weighted by Gasteiger charge is -2.17. The molecule has 1 rings (SSSR count). The largest absolute Gasteiger partial charge is 0.398 e. The van der Waals surface area contributed by atoms with E-state index in [1.807, 2.05) is 6.92 Å². The van der Waals surface area contributed by atoms with Gasteiger partial charge < -0.3 is 10.6 Å². The molecule has 0 aliphatic rings. The van der Waals surface area contributed by atoms with Crippen LogP contribution in [0, 0.1) is 0 Å². The number of thioether (sulfide) groups is 1. The molecule has 0 bridgehead atoms. The molecule has 1 amide bonds.